The van der Waals surface area contributed by atoms with Gasteiger partial charge in [-0.2, -0.15) is 13.2 Å². The molecule has 0 aromatic carbocycles. The fourth-order valence-electron chi connectivity index (χ4n) is 4.51. The minimum atomic E-state index is -4.49. The van der Waals surface area contributed by atoms with Gasteiger partial charge in [-0.1, -0.05) is 6.07 Å². The molecule has 0 aliphatic carbocycles. The molecule has 3 aromatic rings. The second kappa shape index (κ2) is 10.6. The Kier molecular flexibility index (Phi) is 7.68. The van der Waals surface area contributed by atoms with E-state index < -0.39 is 17.8 Å². The lowest BCUT2D eigenvalue weighted by Crippen LogP contribution is -2.34. The van der Waals surface area contributed by atoms with E-state index in [9.17, 15) is 18.0 Å². The van der Waals surface area contributed by atoms with Crippen LogP contribution in [0.3, 0.4) is 0 Å². The molecule has 1 aliphatic rings. The number of pyridine rings is 2. The third kappa shape index (κ3) is 6.45. The van der Waals surface area contributed by atoms with Crippen molar-refractivity contribution in [3.8, 4) is 11.3 Å². The van der Waals surface area contributed by atoms with Crippen LogP contribution < -0.4 is 10.6 Å². The molecule has 4 atom stereocenters. The highest BCUT2D eigenvalue weighted by molar-refractivity contribution is 5.85. The predicted molar refractivity (Wildman–Crippen MR) is 136 cm³/mol. The number of carbonyl (C=O) groups is 1. The van der Waals surface area contributed by atoms with Crippen molar-refractivity contribution in [2.24, 2.45) is 5.92 Å². The van der Waals surface area contributed by atoms with Crippen LogP contribution in [0.5, 0.6) is 0 Å². The standard InChI is InChI=1S/C27H31F3N6O2/c1-15(17-6-8-20(32-12-17)18-7-9-22(33-13-18)27(28,29)30)35-25-31-11-10-21(36-25)23-19(14-34-24(23)37)16(2)38-26(3,4)5/h6-13,15-16,19,23H,14H2,1-5H3,(H,34,37)(H,31,35,36)/t15-,16+,19?,23+/m0/s1. The lowest BCUT2D eigenvalue weighted by molar-refractivity contribution is -0.141. The van der Waals surface area contributed by atoms with E-state index in [0.29, 0.717) is 29.4 Å². The molecule has 1 amide bonds. The van der Waals surface area contributed by atoms with Gasteiger partial charge in [-0.25, -0.2) is 9.97 Å². The zero-order valence-electron chi connectivity index (χ0n) is 21.9. The fraction of sp³-hybridized carbons (Fsp3) is 0.444. The van der Waals surface area contributed by atoms with E-state index in [2.05, 4.69) is 30.6 Å². The minimum Gasteiger partial charge on any atom is -0.373 e. The number of nitrogens with zero attached hydrogens (tertiary/aromatic N) is 4. The number of halogens is 3. The molecule has 1 aliphatic heterocycles. The fourth-order valence-corrected chi connectivity index (χ4v) is 4.51. The van der Waals surface area contributed by atoms with Gasteiger partial charge in [0, 0.05) is 36.6 Å². The number of alkyl halides is 3. The van der Waals surface area contributed by atoms with Gasteiger partial charge in [-0.3, -0.25) is 14.8 Å². The summed E-state index contributed by atoms with van der Waals surface area (Å²) in [4.78, 5) is 29.5. The van der Waals surface area contributed by atoms with E-state index in [0.717, 1.165) is 17.8 Å². The van der Waals surface area contributed by atoms with Gasteiger partial charge < -0.3 is 15.4 Å². The summed E-state index contributed by atoms with van der Waals surface area (Å²) in [6.45, 7) is 10.4. The third-order valence-electron chi connectivity index (χ3n) is 6.34. The van der Waals surface area contributed by atoms with Gasteiger partial charge in [-0.15, -0.1) is 0 Å². The van der Waals surface area contributed by atoms with Crippen molar-refractivity contribution in [2.75, 3.05) is 11.9 Å². The van der Waals surface area contributed by atoms with Crippen LogP contribution in [0.25, 0.3) is 11.3 Å². The van der Waals surface area contributed by atoms with Crippen LogP contribution in [-0.2, 0) is 15.7 Å². The summed E-state index contributed by atoms with van der Waals surface area (Å²) < 4.78 is 44.4. The van der Waals surface area contributed by atoms with Crippen molar-refractivity contribution in [3.05, 3.63) is 65.9 Å². The molecule has 3 aromatic heterocycles. The summed E-state index contributed by atoms with van der Waals surface area (Å²) in [5.41, 5.74) is 1.14. The highest BCUT2D eigenvalue weighted by Crippen LogP contribution is 2.34. The summed E-state index contributed by atoms with van der Waals surface area (Å²) in [5.74, 6) is -0.244. The van der Waals surface area contributed by atoms with Crippen LogP contribution >= 0.6 is 0 Å². The van der Waals surface area contributed by atoms with Gasteiger partial charge in [-0.05, 0) is 64.4 Å². The number of hydrogen-bond donors (Lipinski definition) is 2. The summed E-state index contributed by atoms with van der Waals surface area (Å²) in [5, 5.41) is 6.17. The first-order chi connectivity index (χ1) is 17.8. The van der Waals surface area contributed by atoms with Crippen molar-refractivity contribution in [1.29, 1.82) is 0 Å². The largest absolute Gasteiger partial charge is 0.433 e. The van der Waals surface area contributed by atoms with E-state index in [1.165, 1.54) is 6.07 Å². The van der Waals surface area contributed by atoms with Crippen LogP contribution in [-0.4, -0.2) is 44.1 Å². The van der Waals surface area contributed by atoms with Crippen LogP contribution in [0, 0.1) is 5.92 Å². The van der Waals surface area contributed by atoms with Crippen molar-refractivity contribution in [2.45, 2.75) is 64.5 Å². The average Bonchev–Trinajstić information content (AvgIpc) is 3.24. The highest BCUT2D eigenvalue weighted by atomic mass is 19.4. The van der Waals surface area contributed by atoms with E-state index in [4.69, 9.17) is 4.74 Å². The first kappa shape index (κ1) is 27.4. The average molecular weight is 529 g/mol. The number of ether oxygens (including phenoxy) is 1. The molecule has 4 heterocycles. The molecule has 1 saturated heterocycles. The molecule has 4 rings (SSSR count). The minimum absolute atomic E-state index is 0.0710. The molecular weight excluding hydrogens is 497 g/mol. The molecule has 1 unspecified atom stereocenters. The predicted octanol–water partition coefficient (Wildman–Crippen LogP) is 5.16. The van der Waals surface area contributed by atoms with Crippen LogP contribution in [0.4, 0.5) is 19.1 Å². The molecular formula is C27H31F3N6O2. The summed E-state index contributed by atoms with van der Waals surface area (Å²) in [7, 11) is 0. The summed E-state index contributed by atoms with van der Waals surface area (Å²) in [6.07, 6.45) is -0.230. The van der Waals surface area contributed by atoms with E-state index >= 15 is 0 Å². The van der Waals surface area contributed by atoms with Crippen LogP contribution in [0.15, 0.2) is 48.9 Å². The van der Waals surface area contributed by atoms with Crippen molar-refractivity contribution in [3.63, 3.8) is 0 Å². The second-order valence-electron chi connectivity index (χ2n) is 10.4. The third-order valence-corrected chi connectivity index (χ3v) is 6.34. The smallest absolute Gasteiger partial charge is 0.373 e. The second-order valence-corrected chi connectivity index (χ2v) is 10.4. The molecule has 0 spiro atoms. The Morgan fingerprint density at radius 2 is 1.79 bits per heavy atom. The number of anilines is 1. The maximum absolute atomic E-state index is 12.8. The SMILES string of the molecule is C[C@H](Nc1nccc([C@@H]2C(=O)NCC2[C@@H](C)OC(C)(C)C)n1)c1ccc(-c2ccc(C(F)(F)F)nc2)nc1. The first-order valence-corrected chi connectivity index (χ1v) is 12.4. The molecule has 1 fully saturated rings. The summed E-state index contributed by atoms with van der Waals surface area (Å²) >= 11 is 0. The Morgan fingerprint density at radius 1 is 1.03 bits per heavy atom. The van der Waals surface area contributed by atoms with Crippen LogP contribution in [0.1, 0.15) is 63.5 Å². The van der Waals surface area contributed by atoms with Gasteiger partial charge in [0.2, 0.25) is 11.9 Å². The lowest BCUT2D eigenvalue weighted by atomic mass is 9.88. The molecule has 202 valence electrons. The Bertz CT molecular complexity index is 1260. The quantitative estimate of drug-likeness (QED) is 0.437. The molecule has 8 nitrogen and oxygen atoms in total. The molecule has 0 saturated carbocycles. The van der Waals surface area contributed by atoms with E-state index in [1.807, 2.05) is 40.7 Å². The number of rotatable bonds is 7. The number of amides is 1. The molecule has 38 heavy (non-hydrogen) atoms. The highest BCUT2D eigenvalue weighted by Gasteiger charge is 2.41. The number of aromatic nitrogens is 4. The van der Waals surface area contributed by atoms with Gasteiger partial charge in [0.25, 0.3) is 0 Å². The van der Waals surface area contributed by atoms with Crippen molar-refractivity contribution in [1.82, 2.24) is 25.3 Å². The maximum Gasteiger partial charge on any atom is 0.433 e. The lowest BCUT2D eigenvalue weighted by Gasteiger charge is -2.30. The molecule has 2 N–H and O–H groups in total. The Morgan fingerprint density at radius 3 is 2.39 bits per heavy atom. The monoisotopic (exact) mass is 528 g/mol. The topological polar surface area (TPSA) is 102 Å². The number of nitrogens with one attached hydrogen (secondary N) is 2. The van der Waals surface area contributed by atoms with Gasteiger partial charge in [0.1, 0.15) is 5.69 Å². The number of carbonyl (C=O) groups excluding carboxylic acids is 1. The normalized spacial score (nSPS) is 19.6. The Hall–Kier alpha value is -3.60. The van der Waals surface area contributed by atoms with E-state index in [1.54, 1.807) is 24.5 Å². The van der Waals surface area contributed by atoms with E-state index in [-0.39, 0.29) is 29.6 Å². The van der Waals surface area contributed by atoms with Crippen molar-refractivity contribution < 1.29 is 22.7 Å². The van der Waals surface area contributed by atoms with Gasteiger partial charge in [0.15, 0.2) is 0 Å². The zero-order valence-corrected chi connectivity index (χ0v) is 21.9. The van der Waals surface area contributed by atoms with Crippen LogP contribution in [0.2, 0.25) is 0 Å². The van der Waals surface area contributed by atoms with Crippen molar-refractivity contribution >= 4 is 11.9 Å². The maximum atomic E-state index is 12.8. The first-order valence-electron chi connectivity index (χ1n) is 12.4. The number of hydrogen-bond acceptors (Lipinski definition) is 7. The molecule has 0 radical (unpaired) electrons. The van der Waals surface area contributed by atoms with Gasteiger partial charge in [0.05, 0.1) is 35.1 Å². The van der Waals surface area contributed by atoms with Gasteiger partial charge >= 0.3 is 6.18 Å². The zero-order chi connectivity index (χ0) is 27.7. The molecule has 0 bridgehead atoms. The Labute approximate surface area is 219 Å². The molecule has 11 heteroatoms. The summed E-state index contributed by atoms with van der Waals surface area (Å²) in [6, 6.07) is 7.35. The Balaban J connectivity index is 1.46.